The van der Waals surface area contributed by atoms with Crippen LogP contribution in [0.1, 0.15) is 30.2 Å². The number of carbonyl (C=O) groups is 1. The first-order valence-corrected chi connectivity index (χ1v) is 10.4. The third kappa shape index (κ3) is 4.83. The first-order chi connectivity index (χ1) is 15.5. The van der Waals surface area contributed by atoms with E-state index in [-0.39, 0.29) is 5.82 Å². The summed E-state index contributed by atoms with van der Waals surface area (Å²) in [6.07, 6.45) is 1.50. The van der Waals surface area contributed by atoms with Crippen LogP contribution in [0.3, 0.4) is 0 Å². The zero-order valence-corrected chi connectivity index (χ0v) is 18.2. The van der Waals surface area contributed by atoms with E-state index in [4.69, 9.17) is 9.47 Å². The minimum atomic E-state index is 0.261. The lowest BCUT2D eigenvalue weighted by molar-refractivity contribution is 0.111. The fraction of sp³-hybridized carbons (Fsp3) is 0.200. The van der Waals surface area contributed by atoms with Crippen molar-refractivity contribution in [2.45, 2.75) is 20.3 Å². The molecule has 0 unspecified atom stereocenters. The Kier molecular flexibility index (Phi) is 6.26. The molecule has 0 aliphatic carbocycles. The first-order valence-electron chi connectivity index (χ1n) is 10.4. The fourth-order valence-corrected chi connectivity index (χ4v) is 3.24. The van der Waals surface area contributed by atoms with Gasteiger partial charge in [-0.25, -0.2) is 4.98 Å². The van der Waals surface area contributed by atoms with Crippen molar-refractivity contribution in [3.8, 4) is 34.8 Å². The molecule has 7 nitrogen and oxygen atoms in total. The molecule has 0 saturated carbocycles. The number of ether oxygens (including phenoxy) is 2. The van der Waals surface area contributed by atoms with E-state index in [1.165, 1.54) is 0 Å². The first kappa shape index (κ1) is 21.2. The molecule has 0 saturated heterocycles. The van der Waals surface area contributed by atoms with Crippen LogP contribution in [0.15, 0.2) is 66.7 Å². The number of carbonyl (C=O) groups excluding carboxylic acids is 1. The van der Waals surface area contributed by atoms with Gasteiger partial charge >= 0.3 is 0 Å². The van der Waals surface area contributed by atoms with Gasteiger partial charge in [-0.15, -0.1) is 0 Å². The van der Waals surface area contributed by atoms with Crippen molar-refractivity contribution in [1.82, 2.24) is 19.5 Å². The van der Waals surface area contributed by atoms with Crippen molar-refractivity contribution in [1.29, 1.82) is 0 Å². The summed E-state index contributed by atoms with van der Waals surface area (Å²) in [5.41, 5.74) is 0.803. The van der Waals surface area contributed by atoms with Crippen molar-refractivity contribution in [3.63, 3.8) is 0 Å². The van der Waals surface area contributed by atoms with Crippen molar-refractivity contribution < 1.29 is 14.3 Å². The highest BCUT2D eigenvalue weighted by atomic mass is 16.5. The van der Waals surface area contributed by atoms with E-state index in [0.29, 0.717) is 40.6 Å². The Morgan fingerprint density at radius 1 is 0.875 bits per heavy atom. The molecular formula is C25H24N4O3. The van der Waals surface area contributed by atoms with Crippen LogP contribution in [0.2, 0.25) is 0 Å². The van der Waals surface area contributed by atoms with Gasteiger partial charge in [0.1, 0.15) is 28.7 Å². The van der Waals surface area contributed by atoms with Crippen LogP contribution in [0.25, 0.3) is 11.5 Å². The summed E-state index contributed by atoms with van der Waals surface area (Å²) in [5, 5.41) is 0. The monoisotopic (exact) mass is 428 g/mol. The average Bonchev–Trinajstić information content (AvgIpc) is 3.09. The van der Waals surface area contributed by atoms with Crippen molar-refractivity contribution in [2.24, 2.45) is 13.0 Å². The Hall–Kier alpha value is -4.00. The topological polar surface area (TPSA) is 79.1 Å². The van der Waals surface area contributed by atoms with E-state index in [2.05, 4.69) is 28.8 Å². The van der Waals surface area contributed by atoms with E-state index in [1.54, 1.807) is 10.6 Å². The number of aromatic nitrogens is 4. The third-order valence-corrected chi connectivity index (χ3v) is 4.76. The lowest BCUT2D eigenvalue weighted by Gasteiger charge is -2.10. The Balaban J connectivity index is 1.79. The van der Waals surface area contributed by atoms with E-state index >= 15 is 0 Å². The minimum Gasteiger partial charge on any atom is -0.439 e. The lowest BCUT2D eigenvalue weighted by atomic mass is 10.1. The van der Waals surface area contributed by atoms with Crippen LogP contribution in [-0.2, 0) is 13.5 Å². The number of para-hydroxylation sites is 2. The summed E-state index contributed by atoms with van der Waals surface area (Å²) in [4.78, 5) is 25.6. The second-order valence-corrected chi connectivity index (χ2v) is 7.73. The maximum Gasteiger partial charge on any atom is 0.226 e. The second-order valence-electron chi connectivity index (χ2n) is 7.73. The highest BCUT2D eigenvalue weighted by Crippen LogP contribution is 2.30. The second kappa shape index (κ2) is 9.43. The number of nitrogens with zero attached hydrogens (tertiary/aromatic N) is 4. The number of aldehydes is 1. The maximum atomic E-state index is 11.9. The third-order valence-electron chi connectivity index (χ3n) is 4.76. The molecule has 32 heavy (non-hydrogen) atoms. The predicted molar refractivity (Wildman–Crippen MR) is 121 cm³/mol. The summed E-state index contributed by atoms with van der Waals surface area (Å²) >= 11 is 0. The zero-order chi connectivity index (χ0) is 22.5. The standard InChI is InChI=1S/C25H24N4O3/c1-17(2)14-21-26-24(20(16-30)29(21)3)25-27-22(31-18-10-6-4-7-11-18)15-23(28-25)32-19-12-8-5-9-13-19/h4-13,15-17H,14H2,1-3H3. The molecule has 0 spiro atoms. The maximum absolute atomic E-state index is 11.9. The van der Waals surface area contributed by atoms with Crippen molar-refractivity contribution in [3.05, 3.63) is 78.2 Å². The molecule has 2 heterocycles. The predicted octanol–water partition coefficient (Wildman–Crippen LogP) is 5.47. The summed E-state index contributed by atoms with van der Waals surface area (Å²) < 4.78 is 13.7. The quantitative estimate of drug-likeness (QED) is 0.346. The normalized spacial score (nSPS) is 10.9. The molecule has 4 aromatic rings. The van der Waals surface area contributed by atoms with E-state index in [0.717, 1.165) is 18.5 Å². The van der Waals surface area contributed by atoms with Crippen molar-refractivity contribution in [2.75, 3.05) is 0 Å². The van der Waals surface area contributed by atoms with Crippen LogP contribution in [0.5, 0.6) is 23.3 Å². The molecule has 0 fully saturated rings. The number of imidazole rings is 1. The molecule has 0 radical (unpaired) electrons. The van der Waals surface area contributed by atoms with E-state index in [1.807, 2.05) is 67.7 Å². The van der Waals surface area contributed by atoms with Crippen LogP contribution in [-0.4, -0.2) is 25.8 Å². The van der Waals surface area contributed by atoms with Gasteiger partial charge < -0.3 is 14.0 Å². The molecule has 0 aliphatic rings. The largest absolute Gasteiger partial charge is 0.439 e. The van der Waals surface area contributed by atoms with Gasteiger partial charge in [0.2, 0.25) is 11.8 Å². The molecule has 7 heteroatoms. The summed E-state index contributed by atoms with van der Waals surface area (Å²) in [6.45, 7) is 4.21. The van der Waals surface area contributed by atoms with Crippen LogP contribution >= 0.6 is 0 Å². The zero-order valence-electron chi connectivity index (χ0n) is 18.2. The average molecular weight is 428 g/mol. The number of benzene rings is 2. The molecule has 0 amide bonds. The number of rotatable bonds is 8. The van der Waals surface area contributed by atoms with Gasteiger partial charge in [-0.3, -0.25) is 4.79 Å². The summed E-state index contributed by atoms with van der Waals surface area (Å²) in [5.74, 6) is 3.27. The molecule has 0 aliphatic heterocycles. The summed E-state index contributed by atoms with van der Waals surface area (Å²) in [6, 6.07) is 20.2. The Labute approximate surface area is 186 Å². The van der Waals surface area contributed by atoms with Crippen LogP contribution < -0.4 is 9.47 Å². The number of hydrogen-bond donors (Lipinski definition) is 0. The Bertz CT molecular complexity index is 1150. The number of hydrogen-bond acceptors (Lipinski definition) is 6. The molecule has 4 rings (SSSR count). The van der Waals surface area contributed by atoms with Crippen molar-refractivity contribution >= 4 is 6.29 Å². The van der Waals surface area contributed by atoms with Gasteiger partial charge in [0, 0.05) is 13.5 Å². The molecule has 0 bridgehead atoms. The van der Waals surface area contributed by atoms with E-state index in [9.17, 15) is 4.79 Å². The SMILES string of the molecule is CC(C)Cc1nc(-c2nc(Oc3ccccc3)cc(Oc3ccccc3)n2)c(C=O)n1C. The van der Waals surface area contributed by atoms with Gasteiger partial charge in [0.25, 0.3) is 0 Å². The molecule has 0 atom stereocenters. The van der Waals surface area contributed by atoms with Gasteiger partial charge in [-0.05, 0) is 30.2 Å². The van der Waals surface area contributed by atoms with Gasteiger partial charge in [0.05, 0.1) is 6.07 Å². The van der Waals surface area contributed by atoms with Crippen LogP contribution in [0, 0.1) is 5.92 Å². The molecular weight excluding hydrogens is 404 g/mol. The summed E-state index contributed by atoms with van der Waals surface area (Å²) in [7, 11) is 1.82. The minimum absolute atomic E-state index is 0.261. The Morgan fingerprint density at radius 2 is 1.41 bits per heavy atom. The van der Waals surface area contributed by atoms with Gasteiger partial charge in [-0.1, -0.05) is 50.2 Å². The van der Waals surface area contributed by atoms with Crippen LogP contribution in [0.4, 0.5) is 0 Å². The molecule has 2 aromatic heterocycles. The lowest BCUT2D eigenvalue weighted by Crippen LogP contribution is -2.04. The molecule has 0 N–H and O–H groups in total. The fourth-order valence-electron chi connectivity index (χ4n) is 3.24. The highest BCUT2D eigenvalue weighted by molar-refractivity contribution is 5.82. The van der Waals surface area contributed by atoms with E-state index < -0.39 is 0 Å². The molecule has 162 valence electrons. The molecule has 2 aromatic carbocycles. The van der Waals surface area contributed by atoms with Gasteiger partial charge in [-0.2, -0.15) is 9.97 Å². The van der Waals surface area contributed by atoms with Gasteiger partial charge in [0.15, 0.2) is 12.1 Å². The smallest absolute Gasteiger partial charge is 0.226 e. The Morgan fingerprint density at radius 3 is 1.88 bits per heavy atom. The highest BCUT2D eigenvalue weighted by Gasteiger charge is 2.21.